The maximum Gasteiger partial charge on any atom is 0.264 e. The molecule has 4 aromatic carbocycles. The summed E-state index contributed by atoms with van der Waals surface area (Å²) in [7, 11) is -1.71. The molecule has 0 spiro atoms. The summed E-state index contributed by atoms with van der Waals surface area (Å²) in [6.07, 6.45) is 0.122. The molecule has 4 rings (SSSR count). The maximum atomic E-state index is 14.5. The number of amides is 2. The van der Waals surface area contributed by atoms with E-state index in [2.05, 4.69) is 5.32 Å². The molecule has 4 aromatic rings. The Morgan fingerprint density at radius 2 is 1.40 bits per heavy atom. The molecule has 48 heavy (non-hydrogen) atoms. The van der Waals surface area contributed by atoms with Crippen molar-refractivity contribution < 1.29 is 36.3 Å². The van der Waals surface area contributed by atoms with Gasteiger partial charge in [0, 0.05) is 25.6 Å². The summed E-state index contributed by atoms with van der Waals surface area (Å²) in [6.45, 7) is 3.35. The average Bonchev–Trinajstić information content (AvgIpc) is 3.08. The van der Waals surface area contributed by atoms with E-state index in [0.29, 0.717) is 17.9 Å². The average molecular weight is 680 g/mol. The van der Waals surface area contributed by atoms with Crippen LogP contribution in [0, 0.1) is 17.6 Å². The molecular formula is C36H39F2N3O6S. The molecule has 9 nitrogen and oxygen atoms in total. The third-order valence-electron chi connectivity index (χ3n) is 7.56. The number of ether oxygens (including phenoxy) is 2. The van der Waals surface area contributed by atoms with E-state index in [1.54, 1.807) is 0 Å². The third kappa shape index (κ3) is 9.09. The molecule has 0 radical (unpaired) electrons. The van der Waals surface area contributed by atoms with Gasteiger partial charge in [0.25, 0.3) is 10.0 Å². The van der Waals surface area contributed by atoms with Gasteiger partial charge in [-0.25, -0.2) is 17.2 Å². The number of rotatable bonds is 15. The summed E-state index contributed by atoms with van der Waals surface area (Å²) in [4.78, 5) is 29.4. The highest BCUT2D eigenvalue weighted by atomic mass is 32.2. The lowest BCUT2D eigenvalue weighted by Crippen LogP contribution is -2.53. The number of carbonyl (C=O) groups is 2. The molecular weight excluding hydrogens is 640 g/mol. The normalized spacial score (nSPS) is 11.9. The van der Waals surface area contributed by atoms with Crippen molar-refractivity contribution in [1.82, 2.24) is 10.2 Å². The molecule has 0 heterocycles. The highest BCUT2D eigenvalue weighted by Crippen LogP contribution is 2.32. The number of carbonyl (C=O) groups excluding carboxylic acids is 2. The van der Waals surface area contributed by atoms with Crippen molar-refractivity contribution >= 4 is 27.5 Å². The van der Waals surface area contributed by atoms with E-state index >= 15 is 0 Å². The zero-order valence-corrected chi connectivity index (χ0v) is 28.0. The van der Waals surface area contributed by atoms with Gasteiger partial charge in [-0.15, -0.1) is 0 Å². The van der Waals surface area contributed by atoms with Crippen LogP contribution in [0.25, 0.3) is 0 Å². The van der Waals surface area contributed by atoms with E-state index in [1.807, 2.05) is 44.2 Å². The van der Waals surface area contributed by atoms with Crippen LogP contribution in [0.3, 0.4) is 0 Å². The first-order valence-electron chi connectivity index (χ1n) is 15.3. The number of hydrogen-bond donors (Lipinski definition) is 1. The summed E-state index contributed by atoms with van der Waals surface area (Å²) >= 11 is 0. The number of hydrogen-bond acceptors (Lipinski definition) is 6. The van der Waals surface area contributed by atoms with E-state index in [1.165, 1.54) is 73.7 Å². The van der Waals surface area contributed by atoms with Crippen LogP contribution in [0.5, 0.6) is 11.5 Å². The number of nitrogens with zero attached hydrogens (tertiary/aromatic N) is 2. The van der Waals surface area contributed by atoms with E-state index in [0.717, 1.165) is 22.0 Å². The predicted molar refractivity (Wildman–Crippen MR) is 179 cm³/mol. The monoisotopic (exact) mass is 679 g/mol. The van der Waals surface area contributed by atoms with Crippen molar-refractivity contribution in [3.8, 4) is 11.5 Å². The van der Waals surface area contributed by atoms with Gasteiger partial charge in [0.05, 0.1) is 24.8 Å². The zero-order valence-electron chi connectivity index (χ0n) is 27.2. The second kappa shape index (κ2) is 16.2. The summed E-state index contributed by atoms with van der Waals surface area (Å²) in [5.41, 5.74) is 1.31. The molecule has 0 unspecified atom stereocenters. The van der Waals surface area contributed by atoms with Gasteiger partial charge < -0.3 is 19.7 Å². The molecule has 0 fully saturated rings. The van der Waals surface area contributed by atoms with Gasteiger partial charge in [-0.2, -0.15) is 0 Å². The molecule has 12 heteroatoms. The molecule has 1 N–H and O–H groups in total. The van der Waals surface area contributed by atoms with Crippen molar-refractivity contribution in [2.24, 2.45) is 5.92 Å². The fourth-order valence-electron chi connectivity index (χ4n) is 5.00. The molecule has 2 amide bonds. The summed E-state index contributed by atoms with van der Waals surface area (Å²) in [6, 6.07) is 22.2. The first-order chi connectivity index (χ1) is 22.9. The summed E-state index contributed by atoms with van der Waals surface area (Å²) < 4.78 is 67.8. The smallest absolute Gasteiger partial charge is 0.264 e. The number of sulfonamides is 1. The van der Waals surface area contributed by atoms with Crippen molar-refractivity contribution in [2.45, 2.75) is 37.8 Å². The number of methoxy groups -OCH3 is 2. The fourth-order valence-corrected chi connectivity index (χ4v) is 6.43. The van der Waals surface area contributed by atoms with Crippen LogP contribution in [-0.4, -0.2) is 58.5 Å². The van der Waals surface area contributed by atoms with Gasteiger partial charge in [0.15, 0.2) is 11.5 Å². The first kappa shape index (κ1) is 35.9. The maximum absolute atomic E-state index is 14.5. The van der Waals surface area contributed by atoms with Crippen LogP contribution in [0.1, 0.15) is 25.0 Å². The van der Waals surface area contributed by atoms with Crippen LogP contribution in [0.15, 0.2) is 102 Å². The molecule has 0 aromatic heterocycles. The zero-order chi connectivity index (χ0) is 34.8. The van der Waals surface area contributed by atoms with E-state index < -0.39 is 46.1 Å². The second-order valence-corrected chi connectivity index (χ2v) is 13.4. The topological polar surface area (TPSA) is 105 Å². The molecule has 0 aliphatic heterocycles. The van der Waals surface area contributed by atoms with Gasteiger partial charge in [-0.05, 0) is 65.6 Å². The molecule has 0 aliphatic rings. The summed E-state index contributed by atoms with van der Waals surface area (Å²) in [5.74, 6) is -1.67. The van der Waals surface area contributed by atoms with Crippen LogP contribution in [0.4, 0.5) is 14.5 Å². The minimum atomic E-state index is -4.48. The molecule has 0 aliphatic carbocycles. The third-order valence-corrected chi connectivity index (χ3v) is 9.33. The number of benzene rings is 4. The minimum Gasteiger partial charge on any atom is -0.493 e. The van der Waals surface area contributed by atoms with Crippen LogP contribution in [-0.2, 0) is 32.6 Å². The molecule has 254 valence electrons. The fraction of sp³-hybridized carbons (Fsp3) is 0.278. The van der Waals surface area contributed by atoms with Crippen LogP contribution in [0.2, 0.25) is 0 Å². The lowest BCUT2D eigenvalue weighted by molar-refractivity contribution is -0.140. The van der Waals surface area contributed by atoms with Gasteiger partial charge in [0.1, 0.15) is 24.2 Å². The van der Waals surface area contributed by atoms with Crippen molar-refractivity contribution in [3.05, 3.63) is 120 Å². The van der Waals surface area contributed by atoms with E-state index in [9.17, 15) is 26.8 Å². The Bertz CT molecular complexity index is 1790. The lowest BCUT2D eigenvalue weighted by atomic mass is 10.0. The Labute approximate surface area is 280 Å². The van der Waals surface area contributed by atoms with Crippen LogP contribution < -0.4 is 19.1 Å². The Hall–Kier alpha value is -4.97. The standard InChI is InChI=1S/C36H39F2N3O6S/c1-25(2)22-39-36(43)32(20-26-8-6-5-7-9-26)40(23-27-10-12-28(37)13-11-27)35(42)24-41(30-16-14-29(38)15-17-30)48(44,45)31-18-19-33(46-3)34(21-31)47-4/h5-19,21,25,32H,20,22-24H2,1-4H3,(H,39,43)/t32-/m1/s1. The Morgan fingerprint density at radius 3 is 1.98 bits per heavy atom. The molecule has 0 bridgehead atoms. The second-order valence-electron chi connectivity index (χ2n) is 11.5. The van der Waals surface area contributed by atoms with Crippen molar-refractivity contribution in [1.29, 1.82) is 0 Å². The Morgan fingerprint density at radius 1 is 0.792 bits per heavy atom. The quantitative estimate of drug-likeness (QED) is 0.176. The minimum absolute atomic E-state index is 0.0186. The van der Waals surface area contributed by atoms with E-state index in [-0.39, 0.29) is 35.2 Å². The first-order valence-corrected chi connectivity index (χ1v) is 16.7. The van der Waals surface area contributed by atoms with Crippen molar-refractivity contribution in [2.75, 3.05) is 31.6 Å². The van der Waals surface area contributed by atoms with Gasteiger partial charge in [-0.1, -0.05) is 56.3 Å². The Balaban J connectivity index is 1.81. The predicted octanol–water partition coefficient (Wildman–Crippen LogP) is 5.59. The SMILES string of the molecule is COc1ccc(S(=O)(=O)N(CC(=O)N(Cc2ccc(F)cc2)[C@H](Cc2ccccc2)C(=O)NCC(C)C)c2ccc(F)cc2)cc1OC. The van der Waals surface area contributed by atoms with E-state index in [4.69, 9.17) is 9.47 Å². The van der Waals surface area contributed by atoms with Crippen LogP contribution >= 0.6 is 0 Å². The van der Waals surface area contributed by atoms with Crippen molar-refractivity contribution in [3.63, 3.8) is 0 Å². The van der Waals surface area contributed by atoms with Gasteiger partial charge >= 0.3 is 0 Å². The highest BCUT2D eigenvalue weighted by Gasteiger charge is 2.35. The highest BCUT2D eigenvalue weighted by molar-refractivity contribution is 7.92. The molecule has 1 atom stereocenters. The molecule has 0 saturated heterocycles. The lowest BCUT2D eigenvalue weighted by Gasteiger charge is -2.34. The number of anilines is 1. The van der Waals surface area contributed by atoms with Gasteiger partial charge in [-0.3, -0.25) is 13.9 Å². The van der Waals surface area contributed by atoms with Gasteiger partial charge in [0.2, 0.25) is 11.8 Å². The summed E-state index contributed by atoms with van der Waals surface area (Å²) in [5, 5.41) is 2.91. The Kier molecular flexibility index (Phi) is 12.1. The number of halogens is 2. The molecule has 0 saturated carbocycles. The number of nitrogens with one attached hydrogen (secondary N) is 1. The largest absolute Gasteiger partial charge is 0.493 e.